The standard InChI is InChI=1S/C22H29FN4O5/c1-26(16-6-7-17(19(16)29)27-10-12-32-13-11-27)18(28)8-9-22(20(30)24-21(31)25-22)14-2-4-15(23)5-3-14/h2-5,16-17,19,29H,6-13H2,1H3,(H2,24,25,30,31)/t16-,17-,19-,22?/m1/s1. The van der Waals surface area contributed by atoms with E-state index in [0.29, 0.717) is 25.2 Å². The largest absolute Gasteiger partial charge is 0.389 e. The Morgan fingerprint density at radius 2 is 1.94 bits per heavy atom. The van der Waals surface area contributed by atoms with Crippen molar-refractivity contribution in [3.05, 3.63) is 35.6 Å². The second kappa shape index (κ2) is 9.13. The maximum Gasteiger partial charge on any atom is 0.322 e. The predicted molar refractivity (Wildman–Crippen MR) is 112 cm³/mol. The SMILES string of the molecule is CN(C(=O)CCC1(c2ccc(F)cc2)NC(=O)NC1=O)[C@@H]1CC[C@@H](N2CCOCC2)[C@@H]1O. The van der Waals surface area contributed by atoms with Gasteiger partial charge in [0.05, 0.1) is 25.4 Å². The monoisotopic (exact) mass is 448 g/mol. The van der Waals surface area contributed by atoms with E-state index in [1.807, 2.05) is 0 Å². The first-order chi connectivity index (χ1) is 15.3. The van der Waals surface area contributed by atoms with Crippen LogP contribution in [0.2, 0.25) is 0 Å². The normalized spacial score (nSPS) is 30.8. The van der Waals surface area contributed by atoms with Gasteiger partial charge in [-0.1, -0.05) is 12.1 Å². The summed E-state index contributed by atoms with van der Waals surface area (Å²) in [4.78, 5) is 41.3. The summed E-state index contributed by atoms with van der Waals surface area (Å²) in [5.74, 6) is -1.26. The number of nitrogens with one attached hydrogen (secondary N) is 2. The predicted octanol–water partition coefficient (Wildman–Crippen LogP) is 0.323. The molecule has 4 rings (SSSR count). The van der Waals surface area contributed by atoms with Crippen molar-refractivity contribution in [2.45, 2.75) is 49.4 Å². The number of nitrogens with zero attached hydrogens (tertiary/aromatic N) is 2. The Balaban J connectivity index is 1.42. The minimum absolute atomic E-state index is 0.00962. The maximum atomic E-state index is 13.4. The fourth-order valence-electron chi connectivity index (χ4n) is 5.08. The summed E-state index contributed by atoms with van der Waals surface area (Å²) in [6.45, 7) is 2.81. The number of hydrogen-bond donors (Lipinski definition) is 3. The molecule has 0 radical (unpaired) electrons. The summed E-state index contributed by atoms with van der Waals surface area (Å²) in [5.41, 5.74) is -1.03. The Hall–Kier alpha value is -2.56. The number of urea groups is 1. The van der Waals surface area contributed by atoms with Crippen LogP contribution in [0.1, 0.15) is 31.2 Å². The van der Waals surface area contributed by atoms with Crippen molar-refractivity contribution in [1.82, 2.24) is 20.4 Å². The van der Waals surface area contributed by atoms with E-state index in [9.17, 15) is 23.9 Å². The Morgan fingerprint density at radius 1 is 1.25 bits per heavy atom. The zero-order valence-corrected chi connectivity index (χ0v) is 18.1. The zero-order valence-electron chi connectivity index (χ0n) is 18.1. The molecule has 0 aromatic heterocycles. The molecule has 1 aliphatic carbocycles. The quantitative estimate of drug-likeness (QED) is 0.541. The van der Waals surface area contributed by atoms with Crippen LogP contribution < -0.4 is 10.6 Å². The van der Waals surface area contributed by atoms with Crippen molar-refractivity contribution in [1.29, 1.82) is 0 Å². The van der Waals surface area contributed by atoms with Crippen LogP contribution in [-0.2, 0) is 19.9 Å². The molecule has 1 unspecified atom stereocenters. The molecule has 174 valence electrons. The molecule has 10 heteroatoms. The van der Waals surface area contributed by atoms with Gasteiger partial charge in [-0.3, -0.25) is 19.8 Å². The fraction of sp³-hybridized carbons (Fsp3) is 0.591. The first-order valence-electron chi connectivity index (χ1n) is 11.0. The number of benzene rings is 1. The van der Waals surface area contributed by atoms with Gasteiger partial charge in [-0.2, -0.15) is 0 Å². The van der Waals surface area contributed by atoms with E-state index in [1.54, 1.807) is 11.9 Å². The molecule has 32 heavy (non-hydrogen) atoms. The number of carbonyl (C=O) groups excluding carboxylic acids is 3. The Kier molecular flexibility index (Phi) is 6.45. The number of morpholine rings is 1. The summed E-state index contributed by atoms with van der Waals surface area (Å²) in [5, 5.41) is 15.7. The lowest BCUT2D eigenvalue weighted by molar-refractivity contribution is -0.135. The van der Waals surface area contributed by atoms with Crippen LogP contribution in [0.15, 0.2) is 24.3 Å². The lowest BCUT2D eigenvalue weighted by Gasteiger charge is -2.36. The molecule has 2 aliphatic heterocycles. The zero-order chi connectivity index (χ0) is 22.9. The summed E-state index contributed by atoms with van der Waals surface area (Å²) < 4.78 is 18.8. The third-order valence-corrected chi connectivity index (χ3v) is 6.94. The van der Waals surface area contributed by atoms with Gasteiger partial charge >= 0.3 is 6.03 Å². The minimum Gasteiger partial charge on any atom is -0.389 e. The Morgan fingerprint density at radius 3 is 2.56 bits per heavy atom. The lowest BCUT2D eigenvalue weighted by atomic mass is 9.85. The van der Waals surface area contributed by atoms with Crippen LogP contribution in [0.5, 0.6) is 0 Å². The minimum atomic E-state index is -1.44. The molecule has 3 N–H and O–H groups in total. The van der Waals surface area contributed by atoms with Gasteiger partial charge in [-0.05, 0) is 37.0 Å². The van der Waals surface area contributed by atoms with Crippen LogP contribution >= 0.6 is 0 Å². The lowest BCUT2D eigenvalue weighted by Crippen LogP contribution is -2.52. The molecule has 0 bridgehead atoms. The van der Waals surface area contributed by atoms with Crippen molar-refractivity contribution in [2.75, 3.05) is 33.4 Å². The highest BCUT2D eigenvalue weighted by Gasteiger charge is 2.48. The van der Waals surface area contributed by atoms with Gasteiger partial charge in [0.2, 0.25) is 5.91 Å². The molecule has 4 amide bonds. The van der Waals surface area contributed by atoms with Gasteiger partial charge in [-0.15, -0.1) is 0 Å². The van der Waals surface area contributed by atoms with Crippen molar-refractivity contribution in [3.8, 4) is 0 Å². The van der Waals surface area contributed by atoms with E-state index in [-0.39, 0.29) is 30.8 Å². The average molecular weight is 448 g/mol. The average Bonchev–Trinajstić information content (AvgIpc) is 3.31. The second-order valence-electron chi connectivity index (χ2n) is 8.68. The van der Waals surface area contributed by atoms with E-state index in [2.05, 4.69) is 15.5 Å². The van der Waals surface area contributed by atoms with Crippen LogP contribution in [-0.4, -0.2) is 84.3 Å². The summed E-state index contributed by atoms with van der Waals surface area (Å²) in [7, 11) is 1.66. The number of aliphatic hydroxyl groups is 1. The number of amides is 4. The van der Waals surface area contributed by atoms with Gasteiger partial charge in [0.25, 0.3) is 5.91 Å². The van der Waals surface area contributed by atoms with Gasteiger partial charge in [0, 0.05) is 32.6 Å². The number of carbonyl (C=O) groups is 3. The molecule has 1 aromatic rings. The van der Waals surface area contributed by atoms with Gasteiger partial charge in [0.15, 0.2) is 0 Å². The third-order valence-electron chi connectivity index (χ3n) is 6.94. The van der Waals surface area contributed by atoms with Crippen molar-refractivity contribution < 1.29 is 28.6 Å². The van der Waals surface area contributed by atoms with Crippen LogP contribution in [0.25, 0.3) is 0 Å². The van der Waals surface area contributed by atoms with E-state index < -0.39 is 29.4 Å². The number of halogens is 1. The Bertz CT molecular complexity index is 876. The highest BCUT2D eigenvalue weighted by atomic mass is 19.1. The van der Waals surface area contributed by atoms with Gasteiger partial charge < -0.3 is 20.1 Å². The van der Waals surface area contributed by atoms with E-state index in [1.165, 1.54) is 24.3 Å². The first kappa shape index (κ1) is 22.6. The third kappa shape index (κ3) is 4.22. The number of imide groups is 1. The molecule has 1 saturated carbocycles. The molecule has 0 spiro atoms. The van der Waals surface area contributed by atoms with Gasteiger partial charge in [-0.25, -0.2) is 9.18 Å². The van der Waals surface area contributed by atoms with Crippen molar-refractivity contribution in [2.24, 2.45) is 0 Å². The highest BCUT2D eigenvalue weighted by molar-refractivity contribution is 6.07. The molecular weight excluding hydrogens is 419 g/mol. The molecule has 3 aliphatic rings. The molecule has 4 atom stereocenters. The summed E-state index contributed by atoms with van der Waals surface area (Å²) in [6, 6.07) is 4.31. The molecule has 2 saturated heterocycles. The molecular formula is C22H29FN4O5. The topological polar surface area (TPSA) is 111 Å². The van der Waals surface area contributed by atoms with Gasteiger partial charge in [0.1, 0.15) is 11.4 Å². The number of aliphatic hydroxyl groups excluding tert-OH is 1. The Labute approximate surface area is 185 Å². The highest BCUT2D eigenvalue weighted by Crippen LogP contribution is 2.32. The molecule has 1 aromatic carbocycles. The van der Waals surface area contributed by atoms with E-state index >= 15 is 0 Å². The van der Waals surface area contributed by atoms with E-state index in [0.717, 1.165) is 19.5 Å². The molecule has 9 nitrogen and oxygen atoms in total. The fourth-order valence-corrected chi connectivity index (χ4v) is 5.08. The first-order valence-corrected chi connectivity index (χ1v) is 11.0. The molecule has 2 heterocycles. The van der Waals surface area contributed by atoms with E-state index in [4.69, 9.17) is 4.74 Å². The smallest absolute Gasteiger partial charge is 0.322 e. The summed E-state index contributed by atoms with van der Waals surface area (Å²) >= 11 is 0. The molecule has 3 fully saturated rings. The van der Waals surface area contributed by atoms with Crippen LogP contribution in [0.4, 0.5) is 9.18 Å². The van der Waals surface area contributed by atoms with Crippen molar-refractivity contribution >= 4 is 17.8 Å². The number of ether oxygens (including phenoxy) is 1. The summed E-state index contributed by atoms with van der Waals surface area (Å²) in [6.07, 6.45) is 0.817. The maximum absolute atomic E-state index is 13.4. The number of hydrogen-bond acceptors (Lipinski definition) is 6. The van der Waals surface area contributed by atoms with Crippen LogP contribution in [0.3, 0.4) is 0 Å². The number of likely N-dealkylation sites (N-methyl/N-ethyl adjacent to an activating group) is 1. The van der Waals surface area contributed by atoms with Crippen LogP contribution in [0, 0.1) is 5.82 Å². The number of rotatable bonds is 6. The van der Waals surface area contributed by atoms with Crippen molar-refractivity contribution in [3.63, 3.8) is 0 Å². The second-order valence-corrected chi connectivity index (χ2v) is 8.68.